The van der Waals surface area contributed by atoms with E-state index in [9.17, 15) is 4.79 Å². The Bertz CT molecular complexity index is 1460. The molecule has 1 amide bonds. The highest BCUT2D eigenvalue weighted by atomic mass is 16.5. The number of benzene rings is 4. The maximum atomic E-state index is 12.8. The summed E-state index contributed by atoms with van der Waals surface area (Å²) in [4.78, 5) is 14.5. The molecule has 1 aromatic heterocycles. The van der Waals surface area contributed by atoms with Crippen LogP contribution in [0.4, 0.5) is 5.69 Å². The van der Waals surface area contributed by atoms with Gasteiger partial charge in [-0.25, -0.2) is 0 Å². The number of hydrogen-bond acceptors (Lipinski definition) is 4. The van der Waals surface area contributed by atoms with Gasteiger partial charge in [0.15, 0.2) is 0 Å². The standard InChI is InChI=1S/C27H24N4O2/c1-17(2)33-21-13-11-20(12-14-21)27(32)28-23-16-25-24(15-18(23)3)29-31(30-25)26-10-6-8-19-7-4-5-9-22(19)26/h4-17H,1-3H3,(H,28,32). The Hall–Kier alpha value is -4.19. The van der Waals surface area contributed by atoms with Crippen LogP contribution in [0.1, 0.15) is 29.8 Å². The van der Waals surface area contributed by atoms with E-state index in [1.807, 2.05) is 57.2 Å². The van der Waals surface area contributed by atoms with E-state index in [0.29, 0.717) is 16.8 Å². The molecule has 0 spiro atoms. The van der Waals surface area contributed by atoms with Crippen molar-refractivity contribution in [2.75, 3.05) is 5.32 Å². The van der Waals surface area contributed by atoms with Crippen LogP contribution in [-0.4, -0.2) is 27.0 Å². The first-order valence-electron chi connectivity index (χ1n) is 10.9. The first-order chi connectivity index (χ1) is 16.0. The van der Waals surface area contributed by atoms with Gasteiger partial charge in [0.2, 0.25) is 0 Å². The first-order valence-corrected chi connectivity index (χ1v) is 10.9. The summed E-state index contributed by atoms with van der Waals surface area (Å²) < 4.78 is 5.65. The van der Waals surface area contributed by atoms with Crippen LogP contribution in [0.3, 0.4) is 0 Å². The quantitative estimate of drug-likeness (QED) is 0.371. The van der Waals surface area contributed by atoms with Crippen molar-refractivity contribution in [1.29, 1.82) is 0 Å². The van der Waals surface area contributed by atoms with E-state index in [1.54, 1.807) is 29.1 Å². The second-order valence-corrected chi connectivity index (χ2v) is 8.29. The van der Waals surface area contributed by atoms with Gasteiger partial charge in [-0.2, -0.15) is 0 Å². The van der Waals surface area contributed by atoms with Crippen LogP contribution in [0.25, 0.3) is 27.5 Å². The minimum atomic E-state index is -0.185. The second-order valence-electron chi connectivity index (χ2n) is 8.29. The molecular weight excluding hydrogens is 412 g/mol. The zero-order chi connectivity index (χ0) is 22.9. The van der Waals surface area contributed by atoms with Crippen molar-refractivity contribution in [3.63, 3.8) is 0 Å². The maximum Gasteiger partial charge on any atom is 0.255 e. The summed E-state index contributed by atoms with van der Waals surface area (Å²) >= 11 is 0. The van der Waals surface area contributed by atoms with Crippen LogP contribution in [0.15, 0.2) is 78.9 Å². The molecular formula is C27H24N4O2. The number of nitrogens with zero attached hydrogens (tertiary/aromatic N) is 3. The number of fused-ring (bicyclic) bond motifs is 2. The van der Waals surface area contributed by atoms with Crippen LogP contribution in [0.5, 0.6) is 5.75 Å². The van der Waals surface area contributed by atoms with Gasteiger partial charge in [-0.05, 0) is 74.2 Å². The van der Waals surface area contributed by atoms with Crippen molar-refractivity contribution in [1.82, 2.24) is 15.0 Å². The number of carbonyl (C=O) groups excluding carboxylic acids is 1. The number of nitrogens with one attached hydrogen (secondary N) is 1. The fraction of sp³-hybridized carbons (Fsp3) is 0.148. The Kier molecular flexibility index (Phi) is 5.26. The molecule has 0 saturated carbocycles. The van der Waals surface area contributed by atoms with Crippen molar-refractivity contribution >= 4 is 33.4 Å². The molecule has 0 radical (unpaired) electrons. The Morgan fingerprint density at radius 1 is 0.909 bits per heavy atom. The third kappa shape index (κ3) is 4.15. The molecule has 6 heteroatoms. The SMILES string of the molecule is Cc1cc2nn(-c3cccc4ccccc34)nc2cc1NC(=O)c1ccc(OC(C)C)cc1. The molecule has 0 aliphatic carbocycles. The predicted octanol–water partition coefficient (Wildman–Crippen LogP) is 5.92. The van der Waals surface area contributed by atoms with Crippen LogP contribution in [0, 0.1) is 6.92 Å². The van der Waals surface area contributed by atoms with Crippen LogP contribution in [0.2, 0.25) is 0 Å². The Labute approximate surface area is 191 Å². The van der Waals surface area contributed by atoms with E-state index in [-0.39, 0.29) is 12.0 Å². The maximum absolute atomic E-state index is 12.8. The normalized spacial score (nSPS) is 11.3. The van der Waals surface area contributed by atoms with Crippen molar-refractivity contribution in [3.05, 3.63) is 90.0 Å². The van der Waals surface area contributed by atoms with Crippen molar-refractivity contribution in [3.8, 4) is 11.4 Å². The molecule has 33 heavy (non-hydrogen) atoms. The number of amides is 1. The van der Waals surface area contributed by atoms with Gasteiger partial charge in [0.05, 0.1) is 11.8 Å². The summed E-state index contributed by atoms with van der Waals surface area (Å²) in [6.07, 6.45) is 0.0846. The molecule has 5 rings (SSSR count). The summed E-state index contributed by atoms with van der Waals surface area (Å²) in [5.41, 5.74) is 4.58. The van der Waals surface area contributed by atoms with Crippen molar-refractivity contribution in [2.45, 2.75) is 26.9 Å². The molecule has 0 aliphatic rings. The molecule has 5 aromatic rings. The van der Waals surface area contributed by atoms with Crippen LogP contribution in [-0.2, 0) is 0 Å². The average Bonchev–Trinajstić information content (AvgIpc) is 3.21. The molecule has 0 bridgehead atoms. The predicted molar refractivity (Wildman–Crippen MR) is 131 cm³/mol. The Morgan fingerprint density at radius 2 is 1.61 bits per heavy atom. The lowest BCUT2D eigenvalue weighted by atomic mass is 10.1. The zero-order valence-electron chi connectivity index (χ0n) is 18.7. The molecule has 4 aromatic carbocycles. The first kappa shape index (κ1) is 20.7. The van der Waals surface area contributed by atoms with E-state index in [4.69, 9.17) is 9.84 Å². The van der Waals surface area contributed by atoms with Crippen molar-refractivity contribution < 1.29 is 9.53 Å². The molecule has 0 fully saturated rings. The zero-order valence-corrected chi connectivity index (χ0v) is 18.7. The van der Waals surface area contributed by atoms with Gasteiger partial charge in [0.25, 0.3) is 5.91 Å². The highest BCUT2D eigenvalue weighted by Crippen LogP contribution is 2.26. The molecule has 164 valence electrons. The summed E-state index contributed by atoms with van der Waals surface area (Å²) in [5.74, 6) is 0.555. The fourth-order valence-corrected chi connectivity index (χ4v) is 3.84. The topological polar surface area (TPSA) is 69.0 Å². The van der Waals surface area contributed by atoms with Crippen molar-refractivity contribution in [2.24, 2.45) is 0 Å². The highest BCUT2D eigenvalue weighted by Gasteiger charge is 2.13. The van der Waals surface area contributed by atoms with E-state index in [1.165, 1.54) is 0 Å². The van der Waals surface area contributed by atoms with Gasteiger partial charge in [-0.3, -0.25) is 4.79 Å². The Morgan fingerprint density at radius 3 is 2.36 bits per heavy atom. The number of aryl methyl sites for hydroxylation is 1. The van der Waals surface area contributed by atoms with Gasteiger partial charge in [0.1, 0.15) is 16.8 Å². The smallest absolute Gasteiger partial charge is 0.255 e. The van der Waals surface area contributed by atoms with Crippen LogP contribution >= 0.6 is 0 Å². The molecule has 1 heterocycles. The Balaban J connectivity index is 1.44. The highest BCUT2D eigenvalue weighted by molar-refractivity contribution is 6.05. The molecule has 6 nitrogen and oxygen atoms in total. The third-order valence-electron chi connectivity index (χ3n) is 5.45. The molecule has 1 N–H and O–H groups in total. The largest absolute Gasteiger partial charge is 0.491 e. The molecule has 0 saturated heterocycles. The van der Waals surface area contributed by atoms with E-state index in [0.717, 1.165) is 33.3 Å². The summed E-state index contributed by atoms with van der Waals surface area (Å²) in [7, 11) is 0. The molecule has 0 unspecified atom stereocenters. The second kappa shape index (κ2) is 8.39. The lowest BCUT2D eigenvalue weighted by molar-refractivity contribution is 0.102. The number of aromatic nitrogens is 3. The minimum Gasteiger partial charge on any atom is -0.491 e. The van der Waals surface area contributed by atoms with E-state index < -0.39 is 0 Å². The minimum absolute atomic E-state index is 0.0846. The van der Waals surface area contributed by atoms with Gasteiger partial charge in [-0.15, -0.1) is 15.0 Å². The molecule has 0 atom stereocenters. The molecule has 0 aliphatic heterocycles. The fourth-order valence-electron chi connectivity index (χ4n) is 3.84. The number of ether oxygens (including phenoxy) is 1. The number of carbonyl (C=O) groups is 1. The van der Waals surface area contributed by atoms with E-state index >= 15 is 0 Å². The monoisotopic (exact) mass is 436 g/mol. The third-order valence-corrected chi connectivity index (χ3v) is 5.45. The summed E-state index contributed by atoms with van der Waals surface area (Å²) in [5, 5.41) is 14.6. The van der Waals surface area contributed by atoms with Gasteiger partial charge in [0, 0.05) is 16.6 Å². The van der Waals surface area contributed by atoms with Gasteiger partial charge < -0.3 is 10.1 Å². The lowest BCUT2D eigenvalue weighted by Crippen LogP contribution is -2.13. The van der Waals surface area contributed by atoms with Gasteiger partial charge >= 0.3 is 0 Å². The summed E-state index contributed by atoms with van der Waals surface area (Å²) in [6.45, 7) is 5.89. The van der Waals surface area contributed by atoms with E-state index in [2.05, 4.69) is 28.6 Å². The number of hydrogen-bond donors (Lipinski definition) is 1. The average molecular weight is 437 g/mol. The number of rotatable bonds is 5. The van der Waals surface area contributed by atoms with Gasteiger partial charge in [-0.1, -0.05) is 36.4 Å². The summed E-state index contributed by atoms with van der Waals surface area (Å²) in [6, 6.07) is 25.2. The van der Waals surface area contributed by atoms with Crippen LogP contribution < -0.4 is 10.1 Å². The lowest BCUT2D eigenvalue weighted by Gasteiger charge is -2.11. The number of anilines is 1.